The highest BCUT2D eigenvalue weighted by molar-refractivity contribution is 7.09. The van der Waals surface area contributed by atoms with Crippen molar-refractivity contribution < 1.29 is 14.3 Å². The van der Waals surface area contributed by atoms with Gasteiger partial charge in [0.05, 0.1) is 24.0 Å². The summed E-state index contributed by atoms with van der Waals surface area (Å²) in [6.45, 7) is 0.402. The molecule has 2 heterocycles. The van der Waals surface area contributed by atoms with Crippen LogP contribution in [-0.4, -0.2) is 25.8 Å². The van der Waals surface area contributed by atoms with Crippen LogP contribution in [0.2, 0.25) is 0 Å². The van der Waals surface area contributed by atoms with Crippen LogP contribution in [0.1, 0.15) is 15.4 Å². The maximum atomic E-state index is 12.9. The van der Waals surface area contributed by atoms with Gasteiger partial charge in [-0.15, -0.1) is 11.3 Å². The van der Waals surface area contributed by atoms with Crippen molar-refractivity contribution in [1.29, 1.82) is 0 Å². The molecule has 0 bridgehead atoms. The van der Waals surface area contributed by atoms with Crippen LogP contribution >= 0.6 is 11.3 Å². The summed E-state index contributed by atoms with van der Waals surface area (Å²) >= 11 is 1.45. The van der Waals surface area contributed by atoms with E-state index in [1.807, 2.05) is 5.38 Å². The van der Waals surface area contributed by atoms with E-state index in [0.29, 0.717) is 6.54 Å². The number of hydrogen-bond donors (Lipinski definition) is 1. The molecule has 0 radical (unpaired) electrons. The number of hydrogen-bond acceptors (Lipinski definition) is 4. The first kappa shape index (κ1) is 13.4. The number of benzene rings is 1. The Morgan fingerprint density at radius 2 is 2.10 bits per heavy atom. The number of carboxylic acids is 1. The first-order valence-electron chi connectivity index (χ1n) is 6.08. The molecule has 0 saturated heterocycles. The highest BCUT2D eigenvalue weighted by Gasteiger charge is 2.09. The van der Waals surface area contributed by atoms with Crippen molar-refractivity contribution in [3.05, 3.63) is 58.4 Å². The second-order valence-corrected chi connectivity index (χ2v) is 5.31. The summed E-state index contributed by atoms with van der Waals surface area (Å²) < 4.78 is 14.4. The summed E-state index contributed by atoms with van der Waals surface area (Å²) in [5, 5.41) is 15.5. The molecule has 0 unspecified atom stereocenters. The minimum atomic E-state index is -1.01. The Labute approximate surface area is 123 Å². The van der Waals surface area contributed by atoms with Crippen LogP contribution < -0.4 is 0 Å². The van der Waals surface area contributed by atoms with Crippen molar-refractivity contribution in [2.24, 2.45) is 0 Å². The molecule has 21 heavy (non-hydrogen) atoms. The van der Waals surface area contributed by atoms with Gasteiger partial charge in [-0.25, -0.2) is 14.2 Å². The van der Waals surface area contributed by atoms with Gasteiger partial charge in [-0.2, -0.15) is 5.10 Å². The predicted molar refractivity (Wildman–Crippen MR) is 75.8 cm³/mol. The van der Waals surface area contributed by atoms with Gasteiger partial charge < -0.3 is 5.11 Å². The molecule has 3 aromatic rings. The molecule has 1 N–H and O–H groups in total. The summed E-state index contributed by atoms with van der Waals surface area (Å²) in [7, 11) is 0. The van der Waals surface area contributed by atoms with Gasteiger partial charge in [0.2, 0.25) is 0 Å². The van der Waals surface area contributed by atoms with Crippen LogP contribution in [-0.2, 0) is 6.54 Å². The number of carbonyl (C=O) groups is 1. The molecule has 3 rings (SSSR count). The summed E-state index contributed by atoms with van der Waals surface area (Å²) in [6, 6.07) is 6.12. The standard InChI is InChI=1S/C14H10FN3O2S/c15-11-3-1-9(2-4-11)12-8-21-13(17-12)7-18-6-10(5-16-18)14(19)20/h1-6,8H,7H2,(H,19,20). The smallest absolute Gasteiger partial charge is 0.338 e. The van der Waals surface area contributed by atoms with Crippen LogP contribution in [0, 0.1) is 5.82 Å². The molecule has 2 aromatic heterocycles. The van der Waals surface area contributed by atoms with Gasteiger partial charge in [0.25, 0.3) is 0 Å². The number of thiazole rings is 1. The average Bonchev–Trinajstić information content (AvgIpc) is 3.10. The normalized spacial score (nSPS) is 10.7. The zero-order valence-electron chi connectivity index (χ0n) is 10.7. The van der Waals surface area contributed by atoms with Gasteiger partial charge in [-0.1, -0.05) is 0 Å². The van der Waals surface area contributed by atoms with E-state index in [2.05, 4.69) is 10.1 Å². The number of nitrogens with zero attached hydrogens (tertiary/aromatic N) is 3. The SMILES string of the molecule is O=C(O)c1cnn(Cc2nc(-c3ccc(F)cc3)cs2)c1. The fourth-order valence-electron chi connectivity index (χ4n) is 1.84. The van der Waals surface area contributed by atoms with E-state index in [9.17, 15) is 9.18 Å². The van der Waals surface area contributed by atoms with Crippen LogP contribution in [0.4, 0.5) is 4.39 Å². The first-order chi connectivity index (χ1) is 10.1. The first-order valence-corrected chi connectivity index (χ1v) is 6.96. The Balaban J connectivity index is 1.78. The lowest BCUT2D eigenvalue weighted by atomic mass is 10.2. The van der Waals surface area contributed by atoms with Gasteiger partial charge in [-0.3, -0.25) is 4.68 Å². The monoisotopic (exact) mass is 303 g/mol. The van der Waals surface area contributed by atoms with Crippen molar-refractivity contribution >= 4 is 17.3 Å². The number of carboxylic acid groups (broad SMARTS) is 1. The van der Waals surface area contributed by atoms with E-state index in [1.54, 1.807) is 12.1 Å². The van der Waals surface area contributed by atoms with Crippen LogP contribution in [0.5, 0.6) is 0 Å². The summed E-state index contributed by atoms with van der Waals surface area (Å²) in [6.07, 6.45) is 2.76. The highest BCUT2D eigenvalue weighted by Crippen LogP contribution is 2.22. The van der Waals surface area contributed by atoms with E-state index in [-0.39, 0.29) is 11.4 Å². The Morgan fingerprint density at radius 3 is 2.76 bits per heavy atom. The molecule has 0 aliphatic heterocycles. The van der Waals surface area contributed by atoms with Gasteiger partial charge >= 0.3 is 5.97 Å². The van der Waals surface area contributed by atoms with E-state index in [0.717, 1.165) is 16.3 Å². The second kappa shape index (κ2) is 5.45. The van der Waals surface area contributed by atoms with Crippen molar-refractivity contribution in [1.82, 2.24) is 14.8 Å². The molecule has 1 aromatic carbocycles. The summed E-state index contributed by atoms with van der Waals surface area (Å²) in [4.78, 5) is 15.2. The number of halogens is 1. The van der Waals surface area contributed by atoms with Crippen molar-refractivity contribution in [3.8, 4) is 11.3 Å². The molecular weight excluding hydrogens is 293 g/mol. The molecule has 106 valence electrons. The lowest BCUT2D eigenvalue weighted by molar-refractivity contribution is 0.0697. The summed E-state index contributed by atoms with van der Waals surface area (Å²) in [5.41, 5.74) is 1.75. The molecule has 0 atom stereocenters. The number of aromatic nitrogens is 3. The zero-order valence-corrected chi connectivity index (χ0v) is 11.5. The molecule has 0 spiro atoms. The third-order valence-electron chi connectivity index (χ3n) is 2.87. The molecule has 0 saturated carbocycles. The lowest BCUT2D eigenvalue weighted by Crippen LogP contribution is -2.00. The van der Waals surface area contributed by atoms with E-state index < -0.39 is 5.97 Å². The number of rotatable bonds is 4. The Hall–Kier alpha value is -2.54. The van der Waals surface area contributed by atoms with Crippen LogP contribution in [0.25, 0.3) is 11.3 Å². The molecule has 0 aliphatic carbocycles. The molecule has 0 amide bonds. The van der Waals surface area contributed by atoms with Gasteiger partial charge in [0, 0.05) is 17.1 Å². The fraction of sp³-hybridized carbons (Fsp3) is 0.0714. The van der Waals surface area contributed by atoms with E-state index in [1.165, 1.54) is 40.5 Å². The quantitative estimate of drug-likeness (QED) is 0.804. The third kappa shape index (κ3) is 2.97. The average molecular weight is 303 g/mol. The van der Waals surface area contributed by atoms with Crippen molar-refractivity contribution in [2.45, 2.75) is 6.54 Å². The Bertz CT molecular complexity index is 780. The van der Waals surface area contributed by atoms with Crippen LogP contribution in [0.3, 0.4) is 0 Å². The van der Waals surface area contributed by atoms with Crippen molar-refractivity contribution in [3.63, 3.8) is 0 Å². The topological polar surface area (TPSA) is 68.0 Å². The van der Waals surface area contributed by atoms with Gasteiger partial charge in [0.15, 0.2) is 0 Å². The number of aromatic carboxylic acids is 1. The maximum absolute atomic E-state index is 12.9. The summed E-state index contributed by atoms with van der Waals surface area (Å²) in [5.74, 6) is -1.29. The van der Waals surface area contributed by atoms with Crippen LogP contribution in [0.15, 0.2) is 42.0 Å². The Morgan fingerprint density at radius 1 is 1.33 bits per heavy atom. The van der Waals surface area contributed by atoms with Gasteiger partial charge in [-0.05, 0) is 24.3 Å². The van der Waals surface area contributed by atoms with Crippen molar-refractivity contribution in [2.75, 3.05) is 0 Å². The minimum absolute atomic E-state index is 0.144. The Kier molecular flexibility index (Phi) is 3.49. The third-order valence-corrected chi connectivity index (χ3v) is 3.70. The van der Waals surface area contributed by atoms with E-state index in [4.69, 9.17) is 5.11 Å². The molecule has 5 nitrogen and oxygen atoms in total. The fourth-order valence-corrected chi connectivity index (χ4v) is 2.63. The molecular formula is C14H10FN3O2S. The zero-order chi connectivity index (χ0) is 14.8. The highest BCUT2D eigenvalue weighted by atomic mass is 32.1. The second-order valence-electron chi connectivity index (χ2n) is 4.37. The van der Waals surface area contributed by atoms with E-state index >= 15 is 0 Å². The minimum Gasteiger partial charge on any atom is -0.478 e. The lowest BCUT2D eigenvalue weighted by Gasteiger charge is -1.97. The maximum Gasteiger partial charge on any atom is 0.338 e. The molecule has 0 fully saturated rings. The predicted octanol–water partition coefficient (Wildman–Crippen LogP) is 2.89. The largest absolute Gasteiger partial charge is 0.478 e. The molecule has 7 heteroatoms. The van der Waals surface area contributed by atoms with Gasteiger partial charge in [0.1, 0.15) is 10.8 Å². The molecule has 0 aliphatic rings.